The van der Waals surface area contributed by atoms with Crippen LogP contribution in [-0.2, 0) is 4.79 Å². The lowest BCUT2D eigenvalue weighted by Gasteiger charge is -2.23. The quantitative estimate of drug-likeness (QED) is 0.353. The summed E-state index contributed by atoms with van der Waals surface area (Å²) in [7, 11) is 3.93. The molecule has 0 unspecified atom stereocenters. The molecule has 0 radical (unpaired) electrons. The monoisotopic (exact) mass is 509 g/mol. The fourth-order valence-electron chi connectivity index (χ4n) is 4.41. The topological polar surface area (TPSA) is 114 Å². The van der Waals surface area contributed by atoms with Crippen LogP contribution < -0.4 is 14.4 Å². The summed E-state index contributed by atoms with van der Waals surface area (Å²) in [5.41, 5.74) is 4.26. The summed E-state index contributed by atoms with van der Waals surface area (Å²) in [5.74, 6) is 1.13. The molecule has 4 aromatic rings. The number of fused-ring (bicyclic) bond motifs is 2. The minimum atomic E-state index is -0.0606. The molecule has 0 spiro atoms. The average molecular weight is 510 g/mol. The number of nitrogens with one attached hydrogen (secondary N) is 1. The highest BCUT2D eigenvalue weighted by atomic mass is 16.7. The van der Waals surface area contributed by atoms with Crippen molar-refractivity contribution in [2.45, 2.75) is 6.92 Å². The first-order valence-electron chi connectivity index (χ1n) is 12.1. The highest BCUT2D eigenvalue weighted by molar-refractivity contribution is 6.22. The van der Waals surface area contributed by atoms with Crippen molar-refractivity contribution in [1.82, 2.24) is 9.88 Å². The molecule has 0 aliphatic carbocycles. The summed E-state index contributed by atoms with van der Waals surface area (Å²) in [6.45, 7) is 3.00. The lowest BCUT2D eigenvalue weighted by Crippen LogP contribution is -2.35. The molecule has 0 fully saturated rings. The van der Waals surface area contributed by atoms with Gasteiger partial charge in [0.2, 0.25) is 12.7 Å². The van der Waals surface area contributed by atoms with Gasteiger partial charge in [0.15, 0.2) is 17.4 Å². The number of likely N-dealkylation sites (N-methyl/N-ethyl adjacent to an activating group) is 1. The molecule has 192 valence electrons. The Morgan fingerprint density at radius 3 is 2.53 bits per heavy atom. The van der Waals surface area contributed by atoms with Gasteiger partial charge in [0.05, 0.1) is 34.1 Å². The van der Waals surface area contributed by atoms with Gasteiger partial charge in [0, 0.05) is 36.7 Å². The number of benzene rings is 3. The molecule has 0 saturated carbocycles. The van der Waals surface area contributed by atoms with E-state index in [9.17, 15) is 15.2 Å². The largest absolute Gasteiger partial charge is 0.494 e. The number of carbonyl (C=O) groups excluding carboxylic acids is 1. The van der Waals surface area contributed by atoms with Gasteiger partial charge < -0.3 is 29.4 Å². The van der Waals surface area contributed by atoms with E-state index >= 15 is 0 Å². The molecule has 3 aromatic carbocycles. The molecule has 2 heterocycles. The van der Waals surface area contributed by atoms with Crippen LogP contribution in [0.2, 0.25) is 0 Å². The van der Waals surface area contributed by atoms with Crippen LogP contribution >= 0.6 is 0 Å². The standard InChI is InChI=1S/C29H27N5O4/c1-18(35)34(13-12-33(2)3)22-8-6-21(7-9-22)31-28(20-5-11-25-26(15-20)38-17-37-25)27-23-10-4-19(16-30)14-24(23)32-29(27)36/h4-11,14-15,32,36H,12-13,17H2,1-3H3. The molecule has 9 heteroatoms. The molecule has 1 amide bonds. The third-order valence-electron chi connectivity index (χ3n) is 6.34. The Labute approximate surface area is 220 Å². The minimum absolute atomic E-state index is 0.0374. The summed E-state index contributed by atoms with van der Waals surface area (Å²) >= 11 is 0. The summed E-state index contributed by atoms with van der Waals surface area (Å²) in [6.07, 6.45) is 0. The van der Waals surface area contributed by atoms with Crippen molar-refractivity contribution in [3.63, 3.8) is 0 Å². The van der Waals surface area contributed by atoms with Gasteiger partial charge >= 0.3 is 0 Å². The number of aromatic hydroxyl groups is 1. The number of nitrogens with zero attached hydrogens (tertiary/aromatic N) is 4. The van der Waals surface area contributed by atoms with Crippen molar-refractivity contribution in [2.24, 2.45) is 4.99 Å². The maximum Gasteiger partial charge on any atom is 0.231 e. The molecular formula is C29H27N5O4. The van der Waals surface area contributed by atoms with E-state index in [1.807, 2.05) is 61.5 Å². The first-order chi connectivity index (χ1) is 18.3. The number of anilines is 1. The smallest absolute Gasteiger partial charge is 0.231 e. The van der Waals surface area contributed by atoms with Crippen molar-refractivity contribution in [3.8, 4) is 23.4 Å². The van der Waals surface area contributed by atoms with Crippen LogP contribution in [-0.4, -0.2) is 60.6 Å². The average Bonchev–Trinajstić information content (AvgIpc) is 3.50. The Bertz CT molecular complexity index is 1580. The summed E-state index contributed by atoms with van der Waals surface area (Å²) < 4.78 is 11.1. The van der Waals surface area contributed by atoms with Crippen LogP contribution in [0.1, 0.15) is 23.6 Å². The molecule has 2 N–H and O–H groups in total. The number of H-pyrrole nitrogens is 1. The number of hydrogen-bond donors (Lipinski definition) is 2. The molecule has 9 nitrogen and oxygen atoms in total. The number of carbonyl (C=O) groups is 1. The molecule has 0 saturated heterocycles. The van der Waals surface area contributed by atoms with E-state index in [1.165, 1.54) is 0 Å². The zero-order valence-electron chi connectivity index (χ0n) is 21.4. The predicted octanol–water partition coefficient (Wildman–Crippen LogP) is 4.56. The zero-order valence-corrected chi connectivity index (χ0v) is 21.4. The van der Waals surface area contributed by atoms with Crippen molar-refractivity contribution < 1.29 is 19.4 Å². The van der Waals surface area contributed by atoms with Crippen molar-refractivity contribution >= 4 is 33.9 Å². The zero-order chi connectivity index (χ0) is 26.8. The van der Waals surface area contributed by atoms with E-state index in [4.69, 9.17) is 14.5 Å². The van der Waals surface area contributed by atoms with E-state index in [0.29, 0.717) is 46.1 Å². The fourth-order valence-corrected chi connectivity index (χ4v) is 4.41. The Balaban J connectivity index is 1.60. The van der Waals surface area contributed by atoms with Gasteiger partial charge in [-0.2, -0.15) is 5.26 Å². The van der Waals surface area contributed by atoms with Gasteiger partial charge in [-0.15, -0.1) is 0 Å². The highest BCUT2D eigenvalue weighted by Gasteiger charge is 2.22. The van der Waals surface area contributed by atoms with Crippen molar-refractivity contribution in [3.05, 3.63) is 77.4 Å². The number of rotatable bonds is 7. The number of nitriles is 1. The second-order valence-corrected chi connectivity index (χ2v) is 9.24. The summed E-state index contributed by atoms with van der Waals surface area (Å²) in [5, 5.41) is 21.0. The number of aliphatic imine (C=N–C) groups is 1. The van der Waals surface area contributed by atoms with E-state index in [2.05, 4.69) is 11.1 Å². The Kier molecular flexibility index (Phi) is 6.73. The number of amides is 1. The van der Waals surface area contributed by atoms with Crippen LogP contribution in [0, 0.1) is 11.3 Å². The van der Waals surface area contributed by atoms with Gasteiger partial charge in [0.25, 0.3) is 0 Å². The maximum atomic E-state index is 12.3. The second-order valence-electron chi connectivity index (χ2n) is 9.24. The molecular weight excluding hydrogens is 482 g/mol. The Morgan fingerprint density at radius 1 is 1.05 bits per heavy atom. The van der Waals surface area contributed by atoms with E-state index in [1.54, 1.807) is 30.0 Å². The summed E-state index contributed by atoms with van der Waals surface area (Å²) in [6, 6.07) is 20.2. The van der Waals surface area contributed by atoms with Crippen LogP contribution in [0.5, 0.6) is 17.4 Å². The first-order valence-corrected chi connectivity index (χ1v) is 12.1. The lowest BCUT2D eigenvalue weighted by molar-refractivity contribution is -0.116. The minimum Gasteiger partial charge on any atom is -0.494 e. The van der Waals surface area contributed by atoms with Crippen molar-refractivity contribution in [1.29, 1.82) is 5.26 Å². The van der Waals surface area contributed by atoms with Gasteiger partial charge in [-0.05, 0) is 68.7 Å². The number of aromatic nitrogens is 1. The van der Waals surface area contributed by atoms with Crippen LogP contribution in [0.15, 0.2) is 65.7 Å². The van der Waals surface area contributed by atoms with Gasteiger partial charge in [-0.1, -0.05) is 6.07 Å². The maximum absolute atomic E-state index is 12.3. The molecule has 1 aliphatic rings. The van der Waals surface area contributed by atoms with E-state index in [0.717, 1.165) is 23.2 Å². The molecule has 0 bridgehead atoms. The SMILES string of the molecule is CC(=O)N(CCN(C)C)c1ccc(N=C(c2ccc3c(c2)OCO3)c2c(O)[nH]c3cc(C#N)ccc23)cc1. The highest BCUT2D eigenvalue weighted by Crippen LogP contribution is 2.37. The number of ether oxygens (including phenoxy) is 2. The van der Waals surface area contributed by atoms with Gasteiger partial charge in [-0.3, -0.25) is 4.79 Å². The predicted molar refractivity (Wildman–Crippen MR) is 146 cm³/mol. The number of aromatic amines is 1. The van der Waals surface area contributed by atoms with E-state index < -0.39 is 0 Å². The fraction of sp³-hybridized carbons (Fsp3) is 0.207. The third-order valence-corrected chi connectivity index (χ3v) is 6.34. The molecule has 0 atom stereocenters. The third kappa shape index (κ3) is 4.90. The van der Waals surface area contributed by atoms with Crippen molar-refractivity contribution in [2.75, 3.05) is 38.9 Å². The van der Waals surface area contributed by atoms with Crippen LogP contribution in [0.4, 0.5) is 11.4 Å². The van der Waals surface area contributed by atoms with Crippen LogP contribution in [0.3, 0.4) is 0 Å². The molecule has 1 aliphatic heterocycles. The van der Waals surface area contributed by atoms with Gasteiger partial charge in [0.1, 0.15) is 0 Å². The lowest BCUT2D eigenvalue weighted by atomic mass is 9.99. The molecule has 38 heavy (non-hydrogen) atoms. The van der Waals surface area contributed by atoms with E-state index in [-0.39, 0.29) is 18.6 Å². The van der Waals surface area contributed by atoms with Crippen LogP contribution in [0.25, 0.3) is 10.9 Å². The number of hydrogen-bond acceptors (Lipinski definition) is 7. The first kappa shape index (κ1) is 24.9. The second kappa shape index (κ2) is 10.3. The summed E-state index contributed by atoms with van der Waals surface area (Å²) in [4.78, 5) is 23.9. The molecule has 5 rings (SSSR count). The molecule has 1 aromatic heterocycles. The Morgan fingerprint density at radius 2 is 1.82 bits per heavy atom. The normalized spacial score (nSPS) is 12.7. The Hall–Kier alpha value is -4.81. The van der Waals surface area contributed by atoms with Gasteiger partial charge in [-0.25, -0.2) is 4.99 Å².